The molecule has 2 aromatic heterocycles. The van der Waals surface area contributed by atoms with Crippen LogP contribution in [0.15, 0.2) is 55.0 Å². The minimum absolute atomic E-state index is 0.248. The van der Waals surface area contributed by atoms with Crippen molar-refractivity contribution < 1.29 is 9.18 Å². The van der Waals surface area contributed by atoms with Crippen molar-refractivity contribution in [3.05, 3.63) is 66.6 Å². The molecule has 7 nitrogen and oxygen atoms in total. The maximum atomic E-state index is 13.2. The molecule has 1 saturated carbocycles. The molecule has 2 N–H and O–H groups in total. The van der Waals surface area contributed by atoms with E-state index in [1.54, 1.807) is 16.9 Å². The minimum Gasteiger partial charge on any atom is -0.363 e. The monoisotopic (exact) mass is 352 g/mol. The Kier molecular flexibility index (Phi) is 4.08. The van der Waals surface area contributed by atoms with Gasteiger partial charge < -0.3 is 10.6 Å². The highest BCUT2D eigenvalue weighted by atomic mass is 19.1. The second-order valence-corrected chi connectivity index (χ2v) is 6.30. The van der Waals surface area contributed by atoms with Crippen LogP contribution in [0.5, 0.6) is 0 Å². The molecule has 132 valence electrons. The molecule has 0 saturated heterocycles. The van der Waals surface area contributed by atoms with Crippen molar-refractivity contribution in [3.63, 3.8) is 0 Å². The summed E-state index contributed by atoms with van der Waals surface area (Å²) in [5.41, 5.74) is 0.939. The summed E-state index contributed by atoms with van der Waals surface area (Å²) < 4.78 is 14.8. The number of carbonyl (C=O) groups is 1. The van der Waals surface area contributed by atoms with Gasteiger partial charge >= 0.3 is 0 Å². The van der Waals surface area contributed by atoms with Crippen LogP contribution in [0.2, 0.25) is 0 Å². The number of benzene rings is 1. The molecule has 26 heavy (non-hydrogen) atoms. The number of anilines is 1. The van der Waals surface area contributed by atoms with Gasteiger partial charge in [-0.3, -0.25) is 4.79 Å². The Bertz CT molecular complexity index is 922. The molecule has 8 heteroatoms. The highest BCUT2D eigenvalue weighted by molar-refractivity contribution is 5.92. The number of para-hydroxylation sites is 1. The predicted molar refractivity (Wildman–Crippen MR) is 93.5 cm³/mol. The predicted octanol–water partition coefficient (Wildman–Crippen LogP) is 2.18. The van der Waals surface area contributed by atoms with Crippen LogP contribution in [-0.4, -0.2) is 37.7 Å². The number of halogens is 1. The van der Waals surface area contributed by atoms with E-state index in [1.165, 1.54) is 12.4 Å². The number of aromatic nitrogens is 4. The summed E-state index contributed by atoms with van der Waals surface area (Å²) in [5, 5.41) is 10.4. The normalized spacial score (nSPS) is 14.7. The van der Waals surface area contributed by atoms with Crippen LogP contribution in [0.1, 0.15) is 23.3 Å². The Morgan fingerprint density at radius 1 is 1.19 bits per heavy atom. The van der Waals surface area contributed by atoms with Crippen molar-refractivity contribution in [1.29, 1.82) is 0 Å². The van der Waals surface area contributed by atoms with Crippen LogP contribution in [-0.2, 0) is 0 Å². The molecule has 1 aliphatic rings. The van der Waals surface area contributed by atoms with Gasteiger partial charge in [0, 0.05) is 18.8 Å². The Labute approximate surface area is 149 Å². The maximum Gasteiger partial charge on any atom is 0.271 e. The van der Waals surface area contributed by atoms with E-state index in [4.69, 9.17) is 0 Å². The molecule has 1 fully saturated rings. The standard InChI is InChI=1S/C18H17FN6O/c19-15-10-16(22-12-21-15)23-18(7-8-18)11-20-17(26)14-6-9-25(24-14)13-4-2-1-3-5-13/h1-6,9-10,12H,7-8,11H2,(H,20,26)(H,21,22,23). The van der Waals surface area contributed by atoms with Crippen molar-refractivity contribution in [2.24, 2.45) is 0 Å². The smallest absolute Gasteiger partial charge is 0.271 e. The van der Waals surface area contributed by atoms with E-state index in [2.05, 4.69) is 25.7 Å². The van der Waals surface area contributed by atoms with Crippen molar-refractivity contribution in [2.45, 2.75) is 18.4 Å². The summed E-state index contributed by atoms with van der Waals surface area (Å²) in [6.07, 6.45) is 4.66. The van der Waals surface area contributed by atoms with Crippen LogP contribution in [0.4, 0.5) is 10.2 Å². The molecule has 1 aliphatic carbocycles. The molecule has 3 aromatic rings. The van der Waals surface area contributed by atoms with Gasteiger partial charge in [0.25, 0.3) is 5.91 Å². The molecule has 4 rings (SSSR count). The Morgan fingerprint density at radius 2 is 2.00 bits per heavy atom. The molecule has 0 radical (unpaired) electrons. The number of nitrogens with one attached hydrogen (secondary N) is 2. The van der Waals surface area contributed by atoms with Crippen LogP contribution in [0.25, 0.3) is 5.69 Å². The van der Waals surface area contributed by atoms with E-state index in [0.29, 0.717) is 18.1 Å². The Morgan fingerprint density at radius 3 is 2.73 bits per heavy atom. The maximum absolute atomic E-state index is 13.2. The number of rotatable bonds is 6. The van der Waals surface area contributed by atoms with Crippen LogP contribution >= 0.6 is 0 Å². The third-order valence-electron chi connectivity index (χ3n) is 4.31. The lowest BCUT2D eigenvalue weighted by Crippen LogP contribution is -2.38. The first-order valence-electron chi connectivity index (χ1n) is 8.29. The minimum atomic E-state index is -0.589. The van der Waals surface area contributed by atoms with Gasteiger partial charge in [0.2, 0.25) is 5.95 Å². The van der Waals surface area contributed by atoms with Crippen LogP contribution in [0, 0.1) is 5.95 Å². The summed E-state index contributed by atoms with van der Waals surface area (Å²) in [6.45, 7) is 0.412. The van der Waals surface area contributed by atoms with Gasteiger partial charge in [-0.25, -0.2) is 14.6 Å². The van der Waals surface area contributed by atoms with Crippen LogP contribution < -0.4 is 10.6 Å². The van der Waals surface area contributed by atoms with Gasteiger partial charge in [0.15, 0.2) is 5.69 Å². The zero-order valence-electron chi connectivity index (χ0n) is 13.9. The number of amides is 1. The highest BCUT2D eigenvalue weighted by Crippen LogP contribution is 2.37. The molecular formula is C18H17FN6O. The quantitative estimate of drug-likeness (QED) is 0.664. The van der Waals surface area contributed by atoms with E-state index in [1.807, 2.05) is 30.3 Å². The number of hydrogen-bond acceptors (Lipinski definition) is 5. The van der Waals surface area contributed by atoms with E-state index in [9.17, 15) is 9.18 Å². The van der Waals surface area contributed by atoms with Gasteiger partial charge in [-0.05, 0) is 31.0 Å². The zero-order valence-corrected chi connectivity index (χ0v) is 13.9. The van der Waals surface area contributed by atoms with Gasteiger partial charge in [0.1, 0.15) is 12.1 Å². The first-order valence-corrected chi connectivity index (χ1v) is 8.29. The van der Waals surface area contributed by atoms with Crippen molar-refractivity contribution in [1.82, 2.24) is 25.1 Å². The molecular weight excluding hydrogens is 335 g/mol. The topological polar surface area (TPSA) is 84.7 Å². The number of nitrogens with zero attached hydrogens (tertiary/aromatic N) is 4. The first-order chi connectivity index (χ1) is 12.6. The van der Waals surface area contributed by atoms with E-state index in [0.717, 1.165) is 18.5 Å². The molecule has 1 aromatic carbocycles. The summed E-state index contributed by atoms with van der Waals surface area (Å²) in [7, 11) is 0. The average molecular weight is 352 g/mol. The van der Waals surface area contributed by atoms with Gasteiger partial charge in [-0.2, -0.15) is 9.49 Å². The average Bonchev–Trinajstić information content (AvgIpc) is 3.23. The molecule has 0 spiro atoms. The SMILES string of the molecule is O=C(NCC1(Nc2cc(F)ncn2)CC1)c1ccn(-c2ccccc2)n1. The number of carbonyl (C=O) groups excluding carboxylic acids is 1. The zero-order chi connectivity index (χ0) is 18.0. The lowest BCUT2D eigenvalue weighted by Gasteiger charge is -2.18. The fourth-order valence-electron chi connectivity index (χ4n) is 2.68. The lowest BCUT2D eigenvalue weighted by molar-refractivity contribution is 0.0945. The molecule has 0 aliphatic heterocycles. The summed E-state index contributed by atoms with van der Waals surface area (Å²) in [6, 6.07) is 12.5. The summed E-state index contributed by atoms with van der Waals surface area (Å²) in [4.78, 5) is 19.8. The van der Waals surface area contributed by atoms with Crippen LogP contribution in [0.3, 0.4) is 0 Å². The molecule has 0 atom stereocenters. The molecule has 0 bridgehead atoms. The molecule has 1 amide bonds. The second-order valence-electron chi connectivity index (χ2n) is 6.30. The highest BCUT2D eigenvalue weighted by Gasteiger charge is 2.43. The van der Waals surface area contributed by atoms with Gasteiger partial charge in [0.05, 0.1) is 11.2 Å². The van der Waals surface area contributed by atoms with E-state index in [-0.39, 0.29) is 11.4 Å². The number of hydrogen-bond donors (Lipinski definition) is 2. The fraction of sp³-hybridized carbons (Fsp3) is 0.222. The third-order valence-corrected chi connectivity index (χ3v) is 4.31. The summed E-state index contributed by atoms with van der Waals surface area (Å²) >= 11 is 0. The second kappa shape index (κ2) is 6.55. The Hall–Kier alpha value is -3.29. The third kappa shape index (κ3) is 3.53. The van der Waals surface area contributed by atoms with Gasteiger partial charge in [-0.1, -0.05) is 18.2 Å². The van der Waals surface area contributed by atoms with E-state index < -0.39 is 5.95 Å². The lowest BCUT2D eigenvalue weighted by atomic mass is 10.2. The Balaban J connectivity index is 1.37. The summed E-state index contributed by atoms with van der Waals surface area (Å²) in [5.74, 6) is -0.423. The molecule has 2 heterocycles. The fourth-order valence-corrected chi connectivity index (χ4v) is 2.68. The van der Waals surface area contributed by atoms with Crippen molar-refractivity contribution in [3.8, 4) is 5.69 Å². The van der Waals surface area contributed by atoms with Gasteiger partial charge in [-0.15, -0.1) is 0 Å². The van der Waals surface area contributed by atoms with Crippen molar-refractivity contribution >= 4 is 11.7 Å². The van der Waals surface area contributed by atoms with E-state index >= 15 is 0 Å². The first kappa shape index (κ1) is 16.2. The van der Waals surface area contributed by atoms with Crippen molar-refractivity contribution in [2.75, 3.05) is 11.9 Å². The molecule has 0 unspecified atom stereocenters. The largest absolute Gasteiger partial charge is 0.363 e.